The van der Waals surface area contributed by atoms with Crippen molar-refractivity contribution in [2.45, 2.75) is 32.7 Å². The highest BCUT2D eigenvalue weighted by molar-refractivity contribution is 9.11. The predicted octanol–water partition coefficient (Wildman–Crippen LogP) is 3.48. The van der Waals surface area contributed by atoms with Crippen molar-refractivity contribution in [3.8, 4) is 5.75 Å². The maximum atomic E-state index is 11.8. The Morgan fingerprint density at radius 1 is 1.37 bits per heavy atom. The van der Waals surface area contributed by atoms with Gasteiger partial charge in [0.15, 0.2) is 6.61 Å². The second-order valence-corrected chi connectivity index (χ2v) is 6.60. The van der Waals surface area contributed by atoms with Crippen LogP contribution in [0, 0.1) is 0 Å². The topological polar surface area (TPSA) is 64.3 Å². The van der Waals surface area contributed by atoms with Crippen LogP contribution in [0.4, 0.5) is 5.69 Å². The maximum Gasteiger partial charge on any atom is 0.258 e. The Morgan fingerprint density at radius 2 is 1.89 bits per heavy atom. The minimum Gasteiger partial charge on any atom is -0.481 e. The zero-order valence-electron chi connectivity index (χ0n) is 11.2. The summed E-state index contributed by atoms with van der Waals surface area (Å²) in [5.74, 6) is 0.418. The molecule has 0 spiro atoms. The molecule has 0 aliphatic heterocycles. The van der Waals surface area contributed by atoms with E-state index in [1.807, 2.05) is 20.8 Å². The standard InChI is InChI=1S/C13H18Br2N2O2/c1-4-13(2,3)17-11(18)7-19-12-9(14)5-8(16)6-10(12)15/h5-6H,4,7,16H2,1-3H3,(H,17,18). The van der Waals surface area contributed by atoms with Crippen molar-refractivity contribution >= 4 is 43.5 Å². The first-order valence-electron chi connectivity index (χ1n) is 5.93. The third-order valence-electron chi connectivity index (χ3n) is 2.73. The van der Waals surface area contributed by atoms with Gasteiger partial charge in [0, 0.05) is 11.2 Å². The summed E-state index contributed by atoms with van der Waals surface area (Å²) in [5, 5.41) is 2.91. The summed E-state index contributed by atoms with van der Waals surface area (Å²) >= 11 is 6.71. The number of benzene rings is 1. The summed E-state index contributed by atoms with van der Waals surface area (Å²) in [4.78, 5) is 11.8. The molecule has 19 heavy (non-hydrogen) atoms. The monoisotopic (exact) mass is 392 g/mol. The van der Waals surface area contributed by atoms with Crippen LogP contribution in [0.25, 0.3) is 0 Å². The van der Waals surface area contributed by atoms with Gasteiger partial charge in [-0.3, -0.25) is 4.79 Å². The molecule has 0 saturated heterocycles. The highest BCUT2D eigenvalue weighted by atomic mass is 79.9. The molecule has 0 radical (unpaired) electrons. The van der Waals surface area contributed by atoms with Gasteiger partial charge in [-0.15, -0.1) is 0 Å². The second kappa shape index (κ2) is 6.61. The first-order chi connectivity index (χ1) is 8.75. The number of amides is 1. The number of carbonyl (C=O) groups excluding carboxylic acids is 1. The maximum absolute atomic E-state index is 11.8. The molecule has 0 atom stereocenters. The van der Waals surface area contributed by atoms with Crippen molar-refractivity contribution in [1.82, 2.24) is 5.32 Å². The molecule has 4 nitrogen and oxygen atoms in total. The van der Waals surface area contributed by atoms with Crippen LogP contribution in [0.1, 0.15) is 27.2 Å². The highest BCUT2D eigenvalue weighted by Crippen LogP contribution is 2.35. The van der Waals surface area contributed by atoms with Crippen molar-refractivity contribution < 1.29 is 9.53 Å². The van der Waals surface area contributed by atoms with E-state index in [9.17, 15) is 4.79 Å². The molecule has 106 valence electrons. The number of carbonyl (C=O) groups is 1. The second-order valence-electron chi connectivity index (χ2n) is 4.89. The molecule has 0 heterocycles. The molecule has 0 aliphatic rings. The van der Waals surface area contributed by atoms with Gasteiger partial charge >= 0.3 is 0 Å². The Hall–Kier alpha value is -0.750. The van der Waals surface area contributed by atoms with E-state index in [1.54, 1.807) is 12.1 Å². The van der Waals surface area contributed by atoms with Crippen molar-refractivity contribution in [2.75, 3.05) is 12.3 Å². The van der Waals surface area contributed by atoms with Crippen molar-refractivity contribution in [2.24, 2.45) is 0 Å². The van der Waals surface area contributed by atoms with Crippen LogP contribution in [-0.2, 0) is 4.79 Å². The van der Waals surface area contributed by atoms with Crippen LogP contribution >= 0.6 is 31.9 Å². The van der Waals surface area contributed by atoms with Gasteiger partial charge in [0.1, 0.15) is 5.75 Å². The van der Waals surface area contributed by atoms with E-state index in [1.165, 1.54) is 0 Å². The van der Waals surface area contributed by atoms with E-state index in [4.69, 9.17) is 10.5 Å². The summed E-state index contributed by atoms with van der Waals surface area (Å²) in [6.07, 6.45) is 0.855. The first kappa shape index (κ1) is 16.3. The Morgan fingerprint density at radius 3 is 2.37 bits per heavy atom. The molecule has 1 rings (SSSR count). The molecule has 6 heteroatoms. The largest absolute Gasteiger partial charge is 0.481 e. The average Bonchev–Trinajstić information content (AvgIpc) is 2.26. The lowest BCUT2D eigenvalue weighted by molar-refractivity contribution is -0.124. The molecular formula is C13H18Br2N2O2. The van der Waals surface area contributed by atoms with Crippen molar-refractivity contribution in [3.63, 3.8) is 0 Å². The van der Waals surface area contributed by atoms with Crippen LogP contribution in [0.3, 0.4) is 0 Å². The predicted molar refractivity (Wildman–Crippen MR) is 84.3 cm³/mol. The number of anilines is 1. The fourth-order valence-electron chi connectivity index (χ4n) is 1.36. The molecule has 0 saturated carbocycles. The van der Waals surface area contributed by atoms with Crippen LogP contribution in [0.15, 0.2) is 21.1 Å². The van der Waals surface area contributed by atoms with Gasteiger partial charge in [-0.05, 0) is 64.3 Å². The zero-order valence-corrected chi connectivity index (χ0v) is 14.4. The third-order valence-corrected chi connectivity index (χ3v) is 3.91. The van der Waals surface area contributed by atoms with Gasteiger partial charge < -0.3 is 15.8 Å². The molecule has 1 amide bonds. The molecule has 0 aromatic heterocycles. The average molecular weight is 394 g/mol. The van der Waals surface area contributed by atoms with Gasteiger partial charge in [-0.1, -0.05) is 6.92 Å². The third kappa shape index (κ3) is 5.03. The molecule has 0 unspecified atom stereocenters. The van der Waals surface area contributed by atoms with Crippen LogP contribution in [0.5, 0.6) is 5.75 Å². The Labute approximate surface area is 130 Å². The number of nitrogens with one attached hydrogen (secondary N) is 1. The van der Waals surface area contributed by atoms with Crippen molar-refractivity contribution in [1.29, 1.82) is 0 Å². The van der Waals surface area contributed by atoms with E-state index < -0.39 is 0 Å². The molecule has 0 fully saturated rings. The summed E-state index contributed by atoms with van der Waals surface area (Å²) in [7, 11) is 0. The number of hydrogen-bond acceptors (Lipinski definition) is 3. The van der Waals surface area contributed by atoms with Gasteiger partial charge in [0.2, 0.25) is 0 Å². The highest BCUT2D eigenvalue weighted by Gasteiger charge is 2.18. The number of ether oxygens (including phenoxy) is 1. The number of rotatable bonds is 5. The van der Waals surface area contributed by atoms with Crippen molar-refractivity contribution in [3.05, 3.63) is 21.1 Å². The molecule has 0 bridgehead atoms. The summed E-state index contributed by atoms with van der Waals surface area (Å²) in [6, 6.07) is 3.46. The fraction of sp³-hybridized carbons (Fsp3) is 0.462. The fourth-order valence-corrected chi connectivity index (χ4v) is 2.81. The molecule has 3 N–H and O–H groups in total. The quantitative estimate of drug-likeness (QED) is 0.752. The SMILES string of the molecule is CCC(C)(C)NC(=O)COc1c(Br)cc(N)cc1Br. The van der Waals surface area contributed by atoms with Crippen LogP contribution in [-0.4, -0.2) is 18.1 Å². The summed E-state index contributed by atoms with van der Waals surface area (Å²) in [6.45, 7) is 5.93. The van der Waals surface area contributed by atoms with E-state index in [2.05, 4.69) is 37.2 Å². The van der Waals surface area contributed by atoms with Crippen LogP contribution < -0.4 is 15.8 Å². The van der Waals surface area contributed by atoms with Crippen LogP contribution in [0.2, 0.25) is 0 Å². The van der Waals surface area contributed by atoms with E-state index in [0.717, 1.165) is 6.42 Å². The Kier molecular flexibility index (Phi) is 5.67. The Balaban J connectivity index is 2.65. The summed E-state index contributed by atoms with van der Waals surface area (Å²) in [5.41, 5.74) is 6.08. The molecule has 1 aromatic carbocycles. The lowest BCUT2D eigenvalue weighted by atomic mass is 10.0. The number of halogens is 2. The smallest absolute Gasteiger partial charge is 0.258 e. The number of nitrogen functional groups attached to an aromatic ring is 1. The van der Waals surface area contributed by atoms with E-state index >= 15 is 0 Å². The van der Waals surface area contributed by atoms with Gasteiger partial charge in [0.05, 0.1) is 8.95 Å². The Bertz CT molecular complexity index is 453. The molecular weight excluding hydrogens is 376 g/mol. The first-order valence-corrected chi connectivity index (χ1v) is 7.52. The minimum absolute atomic E-state index is 0.0372. The molecule has 0 aliphatic carbocycles. The summed E-state index contributed by atoms with van der Waals surface area (Å²) < 4.78 is 6.93. The number of nitrogens with two attached hydrogens (primary N) is 1. The normalized spacial score (nSPS) is 11.2. The van der Waals surface area contributed by atoms with E-state index in [-0.39, 0.29) is 18.1 Å². The zero-order chi connectivity index (χ0) is 14.6. The van der Waals surface area contributed by atoms with Gasteiger partial charge in [-0.25, -0.2) is 0 Å². The lowest BCUT2D eigenvalue weighted by Crippen LogP contribution is -2.44. The van der Waals surface area contributed by atoms with Gasteiger partial charge in [-0.2, -0.15) is 0 Å². The molecule has 1 aromatic rings. The minimum atomic E-state index is -0.226. The van der Waals surface area contributed by atoms with E-state index in [0.29, 0.717) is 20.4 Å². The lowest BCUT2D eigenvalue weighted by Gasteiger charge is -2.24. The van der Waals surface area contributed by atoms with Gasteiger partial charge in [0.25, 0.3) is 5.91 Å². The number of hydrogen-bond donors (Lipinski definition) is 2.